The zero-order valence-corrected chi connectivity index (χ0v) is 21.0. The molecule has 0 aliphatic heterocycles. The number of nitrogens with one attached hydrogen (secondary N) is 1. The second kappa shape index (κ2) is 9.98. The number of hydrogen-bond acceptors (Lipinski definition) is 4. The fraction of sp³-hybridized carbons (Fsp3) is 0.138. The summed E-state index contributed by atoms with van der Waals surface area (Å²) in [5.74, 6) is 0.314. The van der Waals surface area contributed by atoms with Gasteiger partial charge in [-0.05, 0) is 42.2 Å². The van der Waals surface area contributed by atoms with E-state index in [1.807, 2.05) is 60.0 Å². The maximum absolute atomic E-state index is 13.4. The molecule has 174 valence electrons. The van der Waals surface area contributed by atoms with Crippen molar-refractivity contribution in [2.45, 2.75) is 26.2 Å². The number of para-hydroxylation sites is 1. The maximum Gasteiger partial charge on any atom is 0.258 e. The van der Waals surface area contributed by atoms with Crippen molar-refractivity contribution in [1.82, 2.24) is 9.97 Å². The van der Waals surface area contributed by atoms with E-state index in [1.165, 1.54) is 16.9 Å². The van der Waals surface area contributed by atoms with Gasteiger partial charge in [-0.25, -0.2) is 9.97 Å². The molecule has 0 fully saturated rings. The molecular weight excluding hydrogens is 474 g/mol. The summed E-state index contributed by atoms with van der Waals surface area (Å²) < 4.78 is 0. The average molecular weight is 498 g/mol. The summed E-state index contributed by atoms with van der Waals surface area (Å²) in [4.78, 5) is 22.8. The first-order valence-corrected chi connectivity index (χ1v) is 12.8. The number of rotatable bonds is 6. The van der Waals surface area contributed by atoms with Gasteiger partial charge in [0.1, 0.15) is 0 Å². The Labute approximate surface area is 213 Å². The van der Waals surface area contributed by atoms with Crippen molar-refractivity contribution in [2.24, 2.45) is 0 Å². The molecule has 4 nitrogen and oxygen atoms in total. The van der Waals surface area contributed by atoms with Crippen LogP contribution in [0.3, 0.4) is 0 Å². The minimum Gasteiger partial charge on any atom is -0.298 e. The number of carbonyl (C=O) groups is 1. The predicted molar refractivity (Wildman–Crippen MR) is 146 cm³/mol. The lowest BCUT2D eigenvalue weighted by Crippen LogP contribution is -2.13. The van der Waals surface area contributed by atoms with Crippen LogP contribution in [0.25, 0.3) is 33.4 Å². The number of carbonyl (C=O) groups excluding carboxylic acids is 1. The van der Waals surface area contributed by atoms with Crippen LogP contribution in [0, 0.1) is 0 Å². The van der Waals surface area contributed by atoms with Crippen molar-refractivity contribution in [1.29, 1.82) is 0 Å². The molecule has 1 N–H and O–H groups in total. The lowest BCUT2D eigenvalue weighted by molar-refractivity contribution is 0.102. The second-order valence-electron chi connectivity index (χ2n) is 8.50. The summed E-state index contributed by atoms with van der Waals surface area (Å²) >= 11 is 7.47. The van der Waals surface area contributed by atoms with Crippen molar-refractivity contribution in [3.8, 4) is 22.5 Å². The van der Waals surface area contributed by atoms with Crippen molar-refractivity contribution in [3.05, 3.63) is 100 Å². The molecule has 0 saturated carbocycles. The van der Waals surface area contributed by atoms with Crippen LogP contribution in [-0.2, 0) is 0 Å². The highest BCUT2D eigenvalue weighted by atomic mass is 35.5. The molecule has 35 heavy (non-hydrogen) atoms. The number of fused-ring (bicyclic) bond motifs is 1. The van der Waals surface area contributed by atoms with Crippen molar-refractivity contribution in [2.75, 3.05) is 5.32 Å². The maximum atomic E-state index is 13.4. The van der Waals surface area contributed by atoms with Gasteiger partial charge in [-0.15, -0.1) is 11.3 Å². The molecule has 5 rings (SSSR count). The SMILES string of the molecule is CCC(C)c1ccc(-c2csc(NC(=O)c3cc(-c4ccc(Cl)cc4)nc4ccccc34)n2)cc1. The summed E-state index contributed by atoms with van der Waals surface area (Å²) in [7, 11) is 0. The number of halogens is 1. The van der Waals surface area contributed by atoms with E-state index in [0.29, 0.717) is 27.3 Å². The van der Waals surface area contributed by atoms with Gasteiger partial charge >= 0.3 is 0 Å². The largest absolute Gasteiger partial charge is 0.298 e. The molecule has 6 heteroatoms. The first-order valence-electron chi connectivity index (χ1n) is 11.5. The minimum atomic E-state index is -0.216. The quantitative estimate of drug-likeness (QED) is 0.256. The lowest BCUT2D eigenvalue weighted by Gasteiger charge is -2.10. The third kappa shape index (κ3) is 4.97. The van der Waals surface area contributed by atoms with Gasteiger partial charge in [0.2, 0.25) is 0 Å². The number of aromatic nitrogens is 2. The first-order chi connectivity index (χ1) is 17.0. The molecule has 2 heterocycles. The zero-order valence-electron chi connectivity index (χ0n) is 19.5. The Kier molecular flexibility index (Phi) is 6.62. The van der Waals surface area contributed by atoms with E-state index in [4.69, 9.17) is 16.6 Å². The van der Waals surface area contributed by atoms with Crippen LogP contribution in [0.15, 0.2) is 84.2 Å². The Morgan fingerprint density at radius 2 is 1.63 bits per heavy atom. The smallest absolute Gasteiger partial charge is 0.258 e. The highest BCUT2D eigenvalue weighted by molar-refractivity contribution is 7.14. The van der Waals surface area contributed by atoms with Gasteiger partial charge in [-0.2, -0.15) is 0 Å². The Hall–Kier alpha value is -3.54. The fourth-order valence-corrected chi connectivity index (χ4v) is 4.82. The van der Waals surface area contributed by atoms with Crippen LogP contribution in [0.1, 0.15) is 42.1 Å². The third-order valence-electron chi connectivity index (χ3n) is 6.21. The standard InChI is InChI=1S/C29H24ClN3OS/c1-3-18(2)19-8-10-21(11-9-19)27-17-35-29(32-27)33-28(34)24-16-26(20-12-14-22(30)15-13-20)31-25-7-5-4-6-23(24)25/h4-18H,3H2,1-2H3,(H,32,33,34). The Balaban J connectivity index is 1.43. The molecule has 1 atom stereocenters. The van der Waals surface area contributed by atoms with E-state index in [9.17, 15) is 4.79 Å². The fourth-order valence-electron chi connectivity index (χ4n) is 3.98. The first kappa shape index (κ1) is 23.2. The van der Waals surface area contributed by atoms with Crippen molar-refractivity contribution >= 4 is 44.9 Å². The molecular formula is C29H24ClN3OS. The van der Waals surface area contributed by atoms with Crippen LogP contribution < -0.4 is 5.32 Å². The summed E-state index contributed by atoms with van der Waals surface area (Å²) in [5, 5.41) is 6.96. The molecule has 0 spiro atoms. The number of thiazole rings is 1. The second-order valence-corrected chi connectivity index (χ2v) is 9.80. The summed E-state index contributed by atoms with van der Waals surface area (Å²) in [5.41, 5.74) is 6.12. The number of pyridine rings is 1. The minimum absolute atomic E-state index is 0.216. The van der Waals surface area contributed by atoms with Gasteiger partial charge in [0.25, 0.3) is 5.91 Å². The molecule has 0 aliphatic carbocycles. The highest BCUT2D eigenvalue weighted by Crippen LogP contribution is 2.29. The zero-order chi connectivity index (χ0) is 24.4. The molecule has 0 bridgehead atoms. The Bertz CT molecular complexity index is 1490. The van der Waals surface area contributed by atoms with E-state index in [-0.39, 0.29) is 5.91 Å². The van der Waals surface area contributed by atoms with Gasteiger partial charge in [0, 0.05) is 26.9 Å². The average Bonchev–Trinajstić information content (AvgIpc) is 3.36. The summed E-state index contributed by atoms with van der Waals surface area (Å²) in [6.45, 7) is 4.42. The molecule has 1 unspecified atom stereocenters. The Morgan fingerprint density at radius 1 is 0.943 bits per heavy atom. The van der Waals surface area contributed by atoms with E-state index >= 15 is 0 Å². The van der Waals surface area contributed by atoms with Crippen molar-refractivity contribution in [3.63, 3.8) is 0 Å². The molecule has 0 aliphatic rings. The van der Waals surface area contributed by atoms with Crippen LogP contribution in [0.2, 0.25) is 5.02 Å². The predicted octanol–water partition coefficient (Wildman–Crippen LogP) is 8.44. The van der Waals surface area contributed by atoms with Gasteiger partial charge in [-0.1, -0.05) is 80.0 Å². The summed E-state index contributed by atoms with van der Waals surface area (Å²) in [6.07, 6.45) is 1.11. The number of benzene rings is 3. The monoisotopic (exact) mass is 497 g/mol. The number of anilines is 1. The van der Waals surface area contributed by atoms with E-state index in [0.717, 1.165) is 34.1 Å². The Morgan fingerprint density at radius 3 is 2.37 bits per heavy atom. The molecule has 0 radical (unpaired) electrons. The molecule has 0 saturated heterocycles. The molecule has 2 aromatic heterocycles. The third-order valence-corrected chi connectivity index (χ3v) is 7.22. The van der Waals surface area contributed by atoms with Crippen LogP contribution in [0.5, 0.6) is 0 Å². The topological polar surface area (TPSA) is 54.9 Å². The highest BCUT2D eigenvalue weighted by Gasteiger charge is 2.16. The van der Waals surface area contributed by atoms with Gasteiger partial charge < -0.3 is 0 Å². The molecule has 1 amide bonds. The van der Waals surface area contributed by atoms with Gasteiger partial charge in [-0.3, -0.25) is 10.1 Å². The van der Waals surface area contributed by atoms with Gasteiger partial charge in [0.05, 0.1) is 22.5 Å². The van der Waals surface area contributed by atoms with Crippen LogP contribution >= 0.6 is 22.9 Å². The molecule has 5 aromatic rings. The van der Waals surface area contributed by atoms with E-state index in [1.54, 1.807) is 0 Å². The van der Waals surface area contributed by atoms with Gasteiger partial charge in [0.15, 0.2) is 5.13 Å². The normalized spacial score (nSPS) is 12.0. The summed E-state index contributed by atoms with van der Waals surface area (Å²) in [6, 6.07) is 25.4. The number of nitrogens with zero attached hydrogens (tertiary/aromatic N) is 2. The van der Waals surface area contributed by atoms with Crippen LogP contribution in [0.4, 0.5) is 5.13 Å². The van der Waals surface area contributed by atoms with E-state index in [2.05, 4.69) is 48.4 Å². The van der Waals surface area contributed by atoms with Crippen molar-refractivity contribution < 1.29 is 4.79 Å². The van der Waals surface area contributed by atoms with E-state index < -0.39 is 0 Å². The molecule has 3 aromatic carbocycles. The number of amides is 1. The van der Waals surface area contributed by atoms with Crippen LogP contribution in [-0.4, -0.2) is 15.9 Å². The number of hydrogen-bond donors (Lipinski definition) is 1. The lowest BCUT2D eigenvalue weighted by atomic mass is 9.97.